The van der Waals surface area contributed by atoms with E-state index in [1.54, 1.807) is 73.7 Å². The van der Waals surface area contributed by atoms with Gasteiger partial charge in [0.15, 0.2) is 0 Å². The van der Waals surface area contributed by atoms with Gasteiger partial charge in [-0.2, -0.15) is 0 Å². The van der Waals surface area contributed by atoms with Crippen molar-refractivity contribution in [3.05, 3.63) is 111 Å². The van der Waals surface area contributed by atoms with Crippen LogP contribution in [0.5, 0.6) is 11.5 Å². The summed E-state index contributed by atoms with van der Waals surface area (Å²) in [5.74, 6) is -1.32. The van der Waals surface area contributed by atoms with E-state index < -0.39 is 16.8 Å². The summed E-state index contributed by atoms with van der Waals surface area (Å²) < 4.78 is 11.9. The number of hydrogen-bond donors (Lipinski definition) is 3. The minimum absolute atomic E-state index is 0.0363. The Balaban J connectivity index is 1.62. The maximum atomic E-state index is 12.8. The summed E-state index contributed by atoms with van der Waals surface area (Å²) in [5.41, 5.74) is 3.29. The maximum Gasteiger partial charge on any atom is 0.334 e. The van der Waals surface area contributed by atoms with Gasteiger partial charge in [0, 0.05) is 60.6 Å². The molecule has 1 aliphatic rings. The molecule has 12 heteroatoms. The number of carbonyl (C=O) groups is 3. The quantitative estimate of drug-likeness (QED) is 0.150. The fourth-order valence-corrected chi connectivity index (χ4v) is 5.55. The topological polar surface area (TPSA) is 160 Å². The highest BCUT2D eigenvalue weighted by atomic mass is 16.6. The second kappa shape index (κ2) is 14.9. The first-order valence-electron chi connectivity index (χ1n) is 14.6. The van der Waals surface area contributed by atoms with Gasteiger partial charge in [-0.1, -0.05) is 18.2 Å². The van der Waals surface area contributed by atoms with Crippen molar-refractivity contribution in [1.29, 1.82) is 0 Å². The number of amides is 2. The largest absolute Gasteiger partial charge is 0.493 e. The number of nitrogens with zero attached hydrogens (tertiary/aromatic N) is 2. The van der Waals surface area contributed by atoms with Gasteiger partial charge in [0.25, 0.3) is 5.69 Å². The normalized spacial score (nSPS) is 14.5. The number of benzene rings is 3. The molecule has 240 valence electrons. The van der Waals surface area contributed by atoms with Crippen LogP contribution in [0.2, 0.25) is 0 Å². The van der Waals surface area contributed by atoms with Gasteiger partial charge in [0.1, 0.15) is 18.1 Å². The van der Waals surface area contributed by atoms with Gasteiger partial charge in [-0.15, -0.1) is 0 Å². The molecule has 3 aromatic carbocycles. The average Bonchev–Trinajstić information content (AvgIpc) is 3.00. The highest BCUT2D eigenvalue weighted by Gasteiger charge is 2.38. The van der Waals surface area contributed by atoms with Crippen LogP contribution in [0.15, 0.2) is 95.3 Å². The van der Waals surface area contributed by atoms with Gasteiger partial charge < -0.3 is 30.1 Å². The Kier molecular flexibility index (Phi) is 10.8. The van der Waals surface area contributed by atoms with Crippen LogP contribution >= 0.6 is 0 Å². The summed E-state index contributed by atoms with van der Waals surface area (Å²) >= 11 is 0. The smallest absolute Gasteiger partial charge is 0.334 e. The molecule has 46 heavy (non-hydrogen) atoms. The molecule has 1 unspecified atom stereocenters. The summed E-state index contributed by atoms with van der Waals surface area (Å²) in [4.78, 5) is 48.9. The predicted molar refractivity (Wildman–Crippen MR) is 173 cm³/mol. The minimum Gasteiger partial charge on any atom is -0.493 e. The highest BCUT2D eigenvalue weighted by Crippen LogP contribution is 2.45. The van der Waals surface area contributed by atoms with Gasteiger partial charge in [-0.25, -0.2) is 4.79 Å². The second-order valence-corrected chi connectivity index (χ2v) is 10.7. The summed E-state index contributed by atoms with van der Waals surface area (Å²) in [7, 11) is 0. The fraction of sp³-hybridized carbons (Fsp3) is 0.265. The van der Waals surface area contributed by atoms with Crippen molar-refractivity contribution in [2.24, 2.45) is 0 Å². The Labute approximate surface area is 266 Å². The van der Waals surface area contributed by atoms with Gasteiger partial charge in [-0.3, -0.25) is 19.7 Å². The summed E-state index contributed by atoms with van der Waals surface area (Å²) in [6.45, 7) is 7.09. The molecule has 1 atom stereocenters. The molecule has 0 radical (unpaired) electrons. The molecule has 0 saturated carbocycles. The van der Waals surface area contributed by atoms with E-state index in [0.717, 1.165) is 5.70 Å². The maximum absolute atomic E-state index is 12.8. The molecule has 1 heterocycles. The lowest BCUT2D eigenvalue weighted by Gasteiger charge is -2.38. The lowest BCUT2D eigenvalue weighted by molar-refractivity contribution is -0.385. The zero-order chi connectivity index (χ0) is 33.4. The summed E-state index contributed by atoms with van der Waals surface area (Å²) in [5, 5.41) is 27.9. The molecule has 0 saturated heterocycles. The van der Waals surface area contributed by atoms with Crippen LogP contribution in [0, 0.1) is 10.1 Å². The second-order valence-electron chi connectivity index (χ2n) is 10.7. The number of hydrogen-bond acceptors (Lipinski definition) is 8. The lowest BCUT2D eigenvalue weighted by atomic mass is 9.78. The number of carbonyl (C=O) groups excluding carboxylic acids is 2. The molecule has 2 amide bonds. The molecule has 0 aliphatic carbocycles. The van der Waals surface area contributed by atoms with Crippen molar-refractivity contribution in [3.63, 3.8) is 0 Å². The monoisotopic (exact) mass is 628 g/mol. The Morgan fingerprint density at radius 1 is 0.826 bits per heavy atom. The SMILES string of the molecule is CC(=O)Nc1ccc(OCCC2=C(C)N(CCOc3ccc(NC(C)=O)cc3)C(C)=C(C(=O)O)C2c2ccccc2[N+](=O)[O-])cc1. The zero-order valence-corrected chi connectivity index (χ0v) is 26.0. The van der Waals surface area contributed by atoms with Gasteiger partial charge >= 0.3 is 5.97 Å². The van der Waals surface area contributed by atoms with E-state index in [4.69, 9.17) is 9.47 Å². The first-order valence-corrected chi connectivity index (χ1v) is 14.6. The minimum atomic E-state index is -1.18. The average molecular weight is 629 g/mol. The predicted octanol–water partition coefficient (Wildman–Crippen LogP) is 6.09. The molecular formula is C34H36N4O8. The first-order chi connectivity index (χ1) is 22.0. The van der Waals surface area contributed by atoms with Gasteiger partial charge in [0.05, 0.1) is 23.6 Å². The molecular weight excluding hydrogens is 592 g/mol. The van der Waals surface area contributed by atoms with Crippen molar-refractivity contribution in [2.45, 2.75) is 40.0 Å². The van der Waals surface area contributed by atoms with Gasteiger partial charge in [-0.05, 0) is 68.0 Å². The van der Waals surface area contributed by atoms with Crippen LogP contribution < -0.4 is 20.1 Å². The third-order valence-corrected chi connectivity index (χ3v) is 7.55. The summed E-state index contributed by atoms with van der Waals surface area (Å²) in [6, 6.07) is 19.9. The lowest BCUT2D eigenvalue weighted by Crippen LogP contribution is -2.35. The zero-order valence-electron chi connectivity index (χ0n) is 26.0. The Morgan fingerprint density at radius 3 is 1.85 bits per heavy atom. The molecule has 12 nitrogen and oxygen atoms in total. The van der Waals surface area contributed by atoms with Crippen LogP contribution in [0.25, 0.3) is 0 Å². The van der Waals surface area contributed by atoms with E-state index in [2.05, 4.69) is 10.6 Å². The number of carboxylic acid groups (broad SMARTS) is 1. The van der Waals surface area contributed by atoms with E-state index in [-0.39, 0.29) is 48.3 Å². The number of carboxylic acids is 1. The Bertz CT molecular complexity index is 1680. The number of para-hydroxylation sites is 1. The molecule has 0 aromatic heterocycles. The van der Waals surface area contributed by atoms with Gasteiger partial charge in [0.2, 0.25) is 11.8 Å². The van der Waals surface area contributed by atoms with Crippen molar-refractivity contribution in [1.82, 2.24) is 4.90 Å². The van der Waals surface area contributed by atoms with Crippen molar-refractivity contribution >= 4 is 34.8 Å². The van der Waals surface area contributed by atoms with Crippen LogP contribution in [0.1, 0.15) is 45.6 Å². The Morgan fingerprint density at radius 2 is 1.35 bits per heavy atom. The third kappa shape index (κ3) is 8.08. The number of nitrogens with one attached hydrogen (secondary N) is 2. The van der Waals surface area contributed by atoms with E-state index in [1.807, 2.05) is 11.8 Å². The molecule has 3 aromatic rings. The van der Waals surface area contributed by atoms with E-state index in [0.29, 0.717) is 40.7 Å². The van der Waals surface area contributed by atoms with Crippen LogP contribution in [-0.4, -0.2) is 52.5 Å². The van der Waals surface area contributed by atoms with E-state index >= 15 is 0 Å². The van der Waals surface area contributed by atoms with Crippen molar-refractivity contribution in [3.8, 4) is 11.5 Å². The first kappa shape index (κ1) is 33.2. The van der Waals surface area contributed by atoms with E-state index in [1.165, 1.54) is 19.9 Å². The molecule has 1 aliphatic heterocycles. The molecule has 3 N–H and O–H groups in total. The fourth-order valence-electron chi connectivity index (χ4n) is 5.55. The number of nitro benzene ring substituents is 1. The van der Waals surface area contributed by atoms with Crippen LogP contribution in [-0.2, 0) is 14.4 Å². The number of rotatable bonds is 13. The number of aliphatic carboxylic acids is 1. The molecule has 4 rings (SSSR count). The number of anilines is 2. The van der Waals surface area contributed by atoms with Crippen LogP contribution in [0.3, 0.4) is 0 Å². The number of nitro groups is 1. The molecule has 0 spiro atoms. The Hall–Kier alpha value is -5.65. The number of allylic oxidation sites excluding steroid dienone is 2. The van der Waals surface area contributed by atoms with Crippen molar-refractivity contribution < 1.29 is 33.9 Å². The van der Waals surface area contributed by atoms with Crippen molar-refractivity contribution in [2.75, 3.05) is 30.4 Å². The highest BCUT2D eigenvalue weighted by molar-refractivity contribution is 5.91. The molecule has 0 fully saturated rings. The third-order valence-electron chi connectivity index (χ3n) is 7.55. The van der Waals surface area contributed by atoms with Crippen LogP contribution in [0.4, 0.5) is 17.1 Å². The standard InChI is InChI=1S/C34H36N4O8/c1-21-29(17-19-45-27-13-9-25(10-14-27)35-23(3)39)33(30-7-5-6-8-31(30)38(43)44)32(34(41)42)22(2)37(21)18-20-46-28-15-11-26(12-16-28)36-24(4)40/h5-16,33H,17-20H2,1-4H3,(H,35,39)(H,36,40)(H,41,42). The summed E-state index contributed by atoms with van der Waals surface area (Å²) in [6.07, 6.45) is 0.280. The van der Waals surface area contributed by atoms with E-state index in [9.17, 15) is 29.6 Å². The number of ether oxygens (including phenoxy) is 2. The molecule has 0 bridgehead atoms.